The van der Waals surface area contributed by atoms with Crippen molar-refractivity contribution in [3.63, 3.8) is 0 Å². The number of nitrogens with zero attached hydrogens (tertiary/aromatic N) is 1. The zero-order chi connectivity index (χ0) is 20.7. The number of carbonyl (C=O) groups excluding carboxylic acids is 3. The predicted molar refractivity (Wildman–Crippen MR) is 109 cm³/mol. The van der Waals surface area contributed by atoms with Gasteiger partial charge in [-0.25, -0.2) is 0 Å². The van der Waals surface area contributed by atoms with E-state index in [9.17, 15) is 14.4 Å². The fourth-order valence-corrected chi connectivity index (χ4v) is 3.66. The van der Waals surface area contributed by atoms with Crippen molar-refractivity contribution in [3.8, 4) is 11.5 Å². The number of carbonyl (C=O) groups is 3. The van der Waals surface area contributed by atoms with E-state index >= 15 is 0 Å². The highest BCUT2D eigenvalue weighted by Crippen LogP contribution is 2.37. The molecule has 0 aromatic heterocycles. The molecule has 0 radical (unpaired) electrons. The Morgan fingerprint density at radius 3 is 2.70 bits per heavy atom. The van der Waals surface area contributed by atoms with Crippen LogP contribution in [0.4, 0.5) is 11.4 Å². The van der Waals surface area contributed by atoms with Crippen LogP contribution in [0.3, 0.4) is 0 Å². The molecule has 2 aromatic carbocycles. The third-order valence-corrected chi connectivity index (χ3v) is 5.47. The minimum absolute atomic E-state index is 0.119. The van der Waals surface area contributed by atoms with Gasteiger partial charge in [0.05, 0.1) is 5.92 Å². The number of nitrogens with one attached hydrogen (secondary N) is 2. The fourth-order valence-electron chi connectivity index (χ4n) is 3.66. The molecule has 154 valence electrons. The molecule has 1 atom stereocenters. The van der Waals surface area contributed by atoms with Crippen molar-refractivity contribution in [1.29, 1.82) is 0 Å². The SMILES string of the molecule is O=C(NC1CC1)c1cccc(NC(=O)C2CC(=O)N(c3ccc4c(c3)OCO4)C2)c1. The minimum atomic E-state index is -0.480. The number of hydrogen-bond donors (Lipinski definition) is 2. The van der Waals surface area contributed by atoms with Gasteiger partial charge in [-0.05, 0) is 43.2 Å². The Kier molecular flexibility index (Phi) is 4.54. The second-order valence-electron chi connectivity index (χ2n) is 7.76. The first-order chi connectivity index (χ1) is 14.6. The number of amides is 3. The molecule has 2 fully saturated rings. The molecule has 0 spiro atoms. The highest BCUT2D eigenvalue weighted by molar-refractivity contribution is 6.04. The van der Waals surface area contributed by atoms with Gasteiger partial charge < -0.3 is 25.0 Å². The van der Waals surface area contributed by atoms with E-state index in [1.165, 1.54) is 0 Å². The third kappa shape index (κ3) is 3.68. The zero-order valence-corrected chi connectivity index (χ0v) is 16.2. The van der Waals surface area contributed by atoms with E-state index in [-0.39, 0.29) is 43.5 Å². The Bertz CT molecular complexity index is 1030. The summed E-state index contributed by atoms with van der Waals surface area (Å²) in [5, 5.41) is 5.77. The van der Waals surface area contributed by atoms with Crippen molar-refractivity contribution in [2.24, 2.45) is 5.92 Å². The minimum Gasteiger partial charge on any atom is -0.454 e. The van der Waals surface area contributed by atoms with Crippen LogP contribution in [-0.2, 0) is 9.59 Å². The van der Waals surface area contributed by atoms with Crippen molar-refractivity contribution in [2.45, 2.75) is 25.3 Å². The van der Waals surface area contributed by atoms with Gasteiger partial charge in [-0.3, -0.25) is 14.4 Å². The van der Waals surface area contributed by atoms with Crippen LogP contribution in [0.15, 0.2) is 42.5 Å². The van der Waals surface area contributed by atoms with Crippen LogP contribution in [0.1, 0.15) is 29.6 Å². The van der Waals surface area contributed by atoms with Crippen molar-refractivity contribution < 1.29 is 23.9 Å². The lowest BCUT2D eigenvalue weighted by molar-refractivity contribution is -0.122. The molecule has 1 saturated carbocycles. The number of hydrogen-bond acceptors (Lipinski definition) is 5. The van der Waals surface area contributed by atoms with Gasteiger partial charge in [-0.15, -0.1) is 0 Å². The summed E-state index contributed by atoms with van der Waals surface area (Å²) in [5.74, 6) is 0.253. The molecular formula is C22H21N3O5. The van der Waals surface area contributed by atoms with Crippen LogP contribution in [0.2, 0.25) is 0 Å². The zero-order valence-electron chi connectivity index (χ0n) is 16.2. The van der Waals surface area contributed by atoms with Gasteiger partial charge in [-0.1, -0.05) is 6.07 Å². The largest absolute Gasteiger partial charge is 0.454 e. The Morgan fingerprint density at radius 1 is 1.03 bits per heavy atom. The lowest BCUT2D eigenvalue weighted by atomic mass is 10.1. The van der Waals surface area contributed by atoms with Gasteiger partial charge in [-0.2, -0.15) is 0 Å². The summed E-state index contributed by atoms with van der Waals surface area (Å²) in [6.07, 6.45) is 2.15. The number of anilines is 2. The molecule has 3 amide bonds. The van der Waals surface area contributed by atoms with Crippen LogP contribution in [0.5, 0.6) is 11.5 Å². The standard InChI is InChI=1S/C22H21N3O5/c26-20-9-14(11-25(20)17-6-7-18-19(10-17)30-12-29-18)22(28)24-16-3-1-2-13(8-16)21(27)23-15-4-5-15/h1-3,6-8,10,14-15H,4-5,9,11-12H2,(H,23,27)(H,24,28). The summed E-state index contributed by atoms with van der Waals surface area (Å²) in [7, 11) is 0. The van der Waals surface area contributed by atoms with Gasteiger partial charge >= 0.3 is 0 Å². The van der Waals surface area contributed by atoms with Crippen LogP contribution >= 0.6 is 0 Å². The quantitative estimate of drug-likeness (QED) is 0.793. The van der Waals surface area contributed by atoms with Crippen molar-refractivity contribution in [3.05, 3.63) is 48.0 Å². The molecule has 1 unspecified atom stereocenters. The molecule has 5 rings (SSSR count). The number of fused-ring (bicyclic) bond motifs is 1. The maximum Gasteiger partial charge on any atom is 0.251 e. The molecule has 2 heterocycles. The van der Waals surface area contributed by atoms with Crippen molar-refractivity contribution in [2.75, 3.05) is 23.6 Å². The fraction of sp³-hybridized carbons (Fsp3) is 0.318. The normalized spacial score (nSPS) is 19.7. The molecule has 1 saturated heterocycles. The summed E-state index contributed by atoms with van der Waals surface area (Å²) in [6, 6.07) is 12.4. The molecule has 2 N–H and O–H groups in total. The topological polar surface area (TPSA) is 97.0 Å². The summed E-state index contributed by atoms with van der Waals surface area (Å²) < 4.78 is 10.7. The van der Waals surface area contributed by atoms with E-state index in [0.717, 1.165) is 12.8 Å². The first-order valence-corrected chi connectivity index (χ1v) is 9.98. The van der Waals surface area contributed by atoms with E-state index in [2.05, 4.69) is 10.6 Å². The second-order valence-corrected chi connectivity index (χ2v) is 7.76. The molecular weight excluding hydrogens is 386 g/mol. The maximum atomic E-state index is 12.8. The van der Waals surface area contributed by atoms with Crippen LogP contribution in [-0.4, -0.2) is 37.1 Å². The summed E-state index contributed by atoms with van der Waals surface area (Å²) >= 11 is 0. The summed E-state index contributed by atoms with van der Waals surface area (Å²) in [5.41, 5.74) is 1.72. The Balaban J connectivity index is 1.25. The molecule has 30 heavy (non-hydrogen) atoms. The maximum absolute atomic E-state index is 12.8. The Morgan fingerprint density at radius 2 is 1.87 bits per heavy atom. The van der Waals surface area contributed by atoms with E-state index in [1.807, 2.05) is 0 Å². The predicted octanol–water partition coefficient (Wildman–Crippen LogP) is 2.30. The molecule has 2 aliphatic heterocycles. The number of ether oxygens (including phenoxy) is 2. The smallest absolute Gasteiger partial charge is 0.251 e. The van der Waals surface area contributed by atoms with Gasteiger partial charge in [0.2, 0.25) is 18.6 Å². The first kappa shape index (κ1) is 18.5. The number of benzene rings is 2. The Labute approximate surface area is 173 Å². The molecule has 2 aromatic rings. The molecule has 8 heteroatoms. The van der Waals surface area contributed by atoms with Crippen molar-refractivity contribution in [1.82, 2.24) is 5.32 Å². The van der Waals surface area contributed by atoms with Gasteiger partial charge in [0.1, 0.15) is 0 Å². The third-order valence-electron chi connectivity index (χ3n) is 5.47. The van der Waals surface area contributed by atoms with E-state index in [1.54, 1.807) is 47.4 Å². The lowest BCUT2D eigenvalue weighted by Crippen LogP contribution is -2.28. The molecule has 8 nitrogen and oxygen atoms in total. The van der Waals surface area contributed by atoms with Crippen LogP contribution < -0.4 is 25.0 Å². The van der Waals surface area contributed by atoms with E-state index < -0.39 is 5.92 Å². The van der Waals surface area contributed by atoms with Crippen LogP contribution in [0, 0.1) is 5.92 Å². The number of rotatable bonds is 5. The average Bonchev–Trinajstić information content (AvgIpc) is 3.28. The monoisotopic (exact) mass is 407 g/mol. The van der Waals surface area contributed by atoms with E-state index in [4.69, 9.17) is 9.47 Å². The second kappa shape index (κ2) is 7.37. The highest BCUT2D eigenvalue weighted by atomic mass is 16.7. The lowest BCUT2D eigenvalue weighted by Gasteiger charge is -2.17. The van der Waals surface area contributed by atoms with Gasteiger partial charge in [0, 0.05) is 42.0 Å². The molecule has 0 bridgehead atoms. The first-order valence-electron chi connectivity index (χ1n) is 9.98. The van der Waals surface area contributed by atoms with Gasteiger partial charge in [0.25, 0.3) is 5.91 Å². The van der Waals surface area contributed by atoms with Gasteiger partial charge in [0.15, 0.2) is 11.5 Å². The molecule has 3 aliphatic rings. The highest BCUT2D eigenvalue weighted by Gasteiger charge is 2.36. The van der Waals surface area contributed by atoms with Crippen LogP contribution in [0.25, 0.3) is 0 Å². The summed E-state index contributed by atoms with van der Waals surface area (Å²) in [6.45, 7) is 0.446. The molecule has 1 aliphatic carbocycles. The average molecular weight is 407 g/mol. The summed E-state index contributed by atoms with van der Waals surface area (Å²) in [4.78, 5) is 39.1. The Hall–Kier alpha value is -3.55. The van der Waals surface area contributed by atoms with Crippen molar-refractivity contribution >= 4 is 29.1 Å². The van der Waals surface area contributed by atoms with E-state index in [0.29, 0.717) is 28.4 Å².